The van der Waals surface area contributed by atoms with E-state index in [9.17, 15) is 0 Å². The second kappa shape index (κ2) is 7.76. The van der Waals surface area contributed by atoms with Crippen LogP contribution >= 0.6 is 0 Å². The van der Waals surface area contributed by atoms with Crippen LogP contribution in [-0.2, 0) is 0 Å². The molecule has 0 saturated heterocycles. The van der Waals surface area contributed by atoms with Gasteiger partial charge in [0.15, 0.2) is 0 Å². The summed E-state index contributed by atoms with van der Waals surface area (Å²) in [5, 5.41) is 0. The topological polar surface area (TPSA) is 52.0 Å². The van der Waals surface area contributed by atoms with Crippen LogP contribution in [0.15, 0.2) is 11.6 Å². The van der Waals surface area contributed by atoms with Gasteiger partial charge in [-0.2, -0.15) is 0 Å². The molecule has 66 valence electrons. The number of rotatable bonds is 6. The Labute approximate surface area is 69.6 Å². The lowest BCUT2D eigenvalue weighted by atomic mass is 10.0. The molecule has 0 aromatic carbocycles. The van der Waals surface area contributed by atoms with Crippen LogP contribution in [0.5, 0.6) is 0 Å². The van der Waals surface area contributed by atoms with Crippen molar-refractivity contribution in [1.82, 2.24) is 0 Å². The van der Waals surface area contributed by atoms with Gasteiger partial charge >= 0.3 is 0 Å². The molecule has 0 aliphatic heterocycles. The van der Waals surface area contributed by atoms with Crippen molar-refractivity contribution in [3.63, 3.8) is 0 Å². The first-order valence-electron chi connectivity index (χ1n) is 4.39. The van der Waals surface area contributed by atoms with Gasteiger partial charge in [-0.1, -0.05) is 11.6 Å². The highest BCUT2D eigenvalue weighted by atomic mass is 14.5. The second-order valence-electron chi connectivity index (χ2n) is 2.73. The van der Waals surface area contributed by atoms with E-state index in [1.165, 1.54) is 5.57 Å². The van der Waals surface area contributed by atoms with Crippen molar-refractivity contribution in [3.8, 4) is 0 Å². The third-order valence-corrected chi connectivity index (χ3v) is 1.81. The summed E-state index contributed by atoms with van der Waals surface area (Å²) in [4.78, 5) is 0. The Morgan fingerprint density at radius 2 is 1.55 bits per heavy atom. The van der Waals surface area contributed by atoms with Gasteiger partial charge in [-0.05, 0) is 45.7 Å². The largest absolute Gasteiger partial charge is 0.330 e. The fourth-order valence-corrected chi connectivity index (χ4v) is 1.07. The lowest BCUT2D eigenvalue weighted by molar-refractivity contribution is 0.742. The summed E-state index contributed by atoms with van der Waals surface area (Å²) in [6, 6.07) is 0. The number of hydrogen-bond acceptors (Lipinski definition) is 2. The molecule has 0 saturated carbocycles. The Bertz CT molecular complexity index is 98.1. The van der Waals surface area contributed by atoms with Crippen LogP contribution in [0, 0.1) is 0 Å². The summed E-state index contributed by atoms with van der Waals surface area (Å²) in [5.41, 5.74) is 12.3. The van der Waals surface area contributed by atoms with Crippen molar-refractivity contribution in [2.45, 2.75) is 32.6 Å². The van der Waals surface area contributed by atoms with Gasteiger partial charge in [0, 0.05) is 0 Å². The molecule has 0 aliphatic rings. The molecule has 2 heteroatoms. The maximum Gasteiger partial charge on any atom is -0.00742 e. The molecular weight excluding hydrogens is 136 g/mol. The lowest BCUT2D eigenvalue weighted by Gasteiger charge is -2.03. The Kier molecular flexibility index (Phi) is 7.52. The molecule has 0 amide bonds. The molecule has 0 aromatic rings. The van der Waals surface area contributed by atoms with Gasteiger partial charge in [0.2, 0.25) is 0 Å². The fourth-order valence-electron chi connectivity index (χ4n) is 1.07. The summed E-state index contributed by atoms with van der Waals surface area (Å²) in [5.74, 6) is 0. The highest BCUT2D eigenvalue weighted by molar-refractivity contribution is 4.99. The maximum absolute atomic E-state index is 5.41. The van der Waals surface area contributed by atoms with Crippen molar-refractivity contribution >= 4 is 0 Å². The van der Waals surface area contributed by atoms with E-state index in [2.05, 4.69) is 13.0 Å². The minimum absolute atomic E-state index is 0.792. The van der Waals surface area contributed by atoms with Gasteiger partial charge in [0.1, 0.15) is 0 Å². The summed E-state index contributed by atoms with van der Waals surface area (Å²) in [6.07, 6.45) is 6.68. The molecule has 0 aromatic heterocycles. The predicted octanol–water partition coefficient (Wildman–Crippen LogP) is 1.41. The van der Waals surface area contributed by atoms with Crippen molar-refractivity contribution < 1.29 is 0 Å². The van der Waals surface area contributed by atoms with Crippen molar-refractivity contribution in [3.05, 3.63) is 11.6 Å². The van der Waals surface area contributed by atoms with Crippen LogP contribution in [0.3, 0.4) is 0 Å². The highest BCUT2D eigenvalue weighted by Crippen LogP contribution is 2.10. The zero-order valence-electron chi connectivity index (χ0n) is 7.47. The average Bonchev–Trinajstić information content (AvgIpc) is 2.05. The molecule has 0 spiro atoms. The van der Waals surface area contributed by atoms with Crippen molar-refractivity contribution in [2.75, 3.05) is 13.1 Å². The van der Waals surface area contributed by atoms with Gasteiger partial charge in [0.25, 0.3) is 0 Å². The second-order valence-corrected chi connectivity index (χ2v) is 2.73. The van der Waals surface area contributed by atoms with Crippen LogP contribution < -0.4 is 11.5 Å². The molecule has 4 N–H and O–H groups in total. The molecule has 0 fully saturated rings. The number of hydrogen-bond donors (Lipinski definition) is 2. The fraction of sp³-hybridized carbons (Fsp3) is 0.778. The minimum atomic E-state index is 0.792. The van der Waals surface area contributed by atoms with E-state index in [1.54, 1.807) is 0 Å². The molecule has 0 heterocycles. The number of allylic oxidation sites excluding steroid dienone is 2. The van der Waals surface area contributed by atoms with Crippen molar-refractivity contribution in [1.29, 1.82) is 0 Å². The standard InChI is InChI=1S/C9H20N2/c1-2-9(5-3-7-10)6-4-8-11/h2H,3-8,10-11H2,1H3. The summed E-state index contributed by atoms with van der Waals surface area (Å²) in [6.45, 7) is 3.67. The van der Waals surface area contributed by atoms with Gasteiger partial charge in [-0.25, -0.2) is 0 Å². The maximum atomic E-state index is 5.41. The number of nitrogens with two attached hydrogens (primary N) is 2. The lowest BCUT2D eigenvalue weighted by Crippen LogP contribution is -2.01. The van der Waals surface area contributed by atoms with Crippen LogP contribution in [0.2, 0.25) is 0 Å². The van der Waals surface area contributed by atoms with Gasteiger partial charge in [0.05, 0.1) is 0 Å². The van der Waals surface area contributed by atoms with Gasteiger partial charge < -0.3 is 11.5 Å². The monoisotopic (exact) mass is 156 g/mol. The first-order chi connectivity index (χ1) is 5.35. The van der Waals surface area contributed by atoms with Crippen LogP contribution in [-0.4, -0.2) is 13.1 Å². The molecule has 0 rings (SSSR count). The van der Waals surface area contributed by atoms with Crippen LogP contribution in [0.4, 0.5) is 0 Å². The summed E-state index contributed by atoms with van der Waals surface area (Å²) in [7, 11) is 0. The minimum Gasteiger partial charge on any atom is -0.330 e. The van der Waals surface area contributed by atoms with Gasteiger partial charge in [-0.3, -0.25) is 0 Å². The van der Waals surface area contributed by atoms with E-state index in [0.29, 0.717) is 0 Å². The molecular formula is C9H20N2. The Morgan fingerprint density at radius 3 is 1.82 bits per heavy atom. The van der Waals surface area contributed by atoms with Crippen molar-refractivity contribution in [2.24, 2.45) is 11.5 Å². The van der Waals surface area contributed by atoms with E-state index in [4.69, 9.17) is 11.5 Å². The molecule has 0 unspecified atom stereocenters. The zero-order valence-corrected chi connectivity index (χ0v) is 7.47. The molecule has 11 heavy (non-hydrogen) atoms. The van der Waals surface area contributed by atoms with E-state index >= 15 is 0 Å². The summed E-state index contributed by atoms with van der Waals surface area (Å²) >= 11 is 0. The third-order valence-electron chi connectivity index (χ3n) is 1.81. The van der Waals surface area contributed by atoms with Crippen LogP contribution in [0.1, 0.15) is 32.6 Å². The molecule has 0 atom stereocenters. The quantitative estimate of drug-likeness (QED) is 0.571. The first-order valence-corrected chi connectivity index (χ1v) is 4.39. The normalized spacial score (nSPS) is 9.73. The van der Waals surface area contributed by atoms with Crippen LogP contribution in [0.25, 0.3) is 0 Å². The molecule has 2 nitrogen and oxygen atoms in total. The molecule has 0 bridgehead atoms. The Balaban J connectivity index is 3.43. The first kappa shape index (κ1) is 10.7. The summed E-state index contributed by atoms with van der Waals surface area (Å²) < 4.78 is 0. The zero-order chi connectivity index (χ0) is 8.53. The van der Waals surface area contributed by atoms with E-state index in [0.717, 1.165) is 38.8 Å². The smallest absolute Gasteiger partial charge is 0.00742 e. The third kappa shape index (κ3) is 6.07. The highest BCUT2D eigenvalue weighted by Gasteiger charge is 1.94. The SMILES string of the molecule is CC=C(CCCN)CCCN. The van der Waals surface area contributed by atoms with Gasteiger partial charge in [-0.15, -0.1) is 0 Å². The van der Waals surface area contributed by atoms with E-state index < -0.39 is 0 Å². The Morgan fingerprint density at radius 1 is 1.09 bits per heavy atom. The Hall–Kier alpha value is -0.340. The van der Waals surface area contributed by atoms with E-state index in [1.807, 2.05) is 0 Å². The predicted molar refractivity (Wildman–Crippen MR) is 50.3 cm³/mol. The molecule has 0 aliphatic carbocycles. The van der Waals surface area contributed by atoms with E-state index in [-0.39, 0.29) is 0 Å². The molecule has 0 radical (unpaired) electrons. The average molecular weight is 156 g/mol.